The zero-order valence-corrected chi connectivity index (χ0v) is 14.1. The molecule has 0 saturated heterocycles. The van der Waals surface area contributed by atoms with Gasteiger partial charge in [-0.1, -0.05) is 36.4 Å². The third-order valence-electron chi connectivity index (χ3n) is 3.80. The molecular formula is C22H16N2O2. The van der Waals surface area contributed by atoms with Gasteiger partial charge in [0.25, 0.3) is 0 Å². The number of nitriles is 2. The second-order valence-electron chi connectivity index (χ2n) is 5.64. The molecule has 0 heterocycles. The van der Waals surface area contributed by atoms with Gasteiger partial charge < -0.3 is 9.47 Å². The number of hydrogen-bond donors (Lipinski definition) is 0. The molecule has 0 aliphatic carbocycles. The Bertz CT molecular complexity index is 869. The monoisotopic (exact) mass is 340 g/mol. The van der Waals surface area contributed by atoms with Crippen LogP contribution >= 0.6 is 0 Å². The van der Waals surface area contributed by atoms with Gasteiger partial charge in [0.15, 0.2) is 11.5 Å². The largest absolute Gasteiger partial charge is 0.485 e. The molecule has 0 fully saturated rings. The fourth-order valence-electron chi connectivity index (χ4n) is 2.36. The molecule has 0 N–H and O–H groups in total. The first-order chi connectivity index (χ1) is 12.8. The van der Waals surface area contributed by atoms with Crippen LogP contribution in [0.1, 0.15) is 22.3 Å². The maximum absolute atomic E-state index is 8.84. The van der Waals surface area contributed by atoms with Gasteiger partial charge >= 0.3 is 0 Å². The van der Waals surface area contributed by atoms with E-state index in [0.717, 1.165) is 11.1 Å². The minimum absolute atomic E-state index is 0.392. The lowest BCUT2D eigenvalue weighted by Gasteiger charge is -2.13. The van der Waals surface area contributed by atoms with Crippen LogP contribution in [0.5, 0.6) is 11.5 Å². The molecule has 0 aromatic heterocycles. The Balaban J connectivity index is 1.63. The van der Waals surface area contributed by atoms with E-state index in [1.807, 2.05) is 48.5 Å². The van der Waals surface area contributed by atoms with E-state index in [2.05, 4.69) is 12.1 Å². The number of hydrogen-bond acceptors (Lipinski definition) is 4. The molecule has 0 amide bonds. The van der Waals surface area contributed by atoms with E-state index in [0.29, 0.717) is 35.8 Å². The van der Waals surface area contributed by atoms with Crippen molar-refractivity contribution in [2.75, 3.05) is 0 Å². The molecule has 0 unspecified atom stereocenters. The predicted octanol–water partition coefficient (Wildman–Crippen LogP) is 4.59. The summed E-state index contributed by atoms with van der Waals surface area (Å²) in [6.07, 6.45) is 0. The van der Waals surface area contributed by atoms with Gasteiger partial charge in [0.05, 0.1) is 23.3 Å². The Labute approximate surface area is 152 Å². The zero-order valence-electron chi connectivity index (χ0n) is 14.1. The van der Waals surface area contributed by atoms with Crippen LogP contribution in [0, 0.1) is 22.7 Å². The summed E-state index contributed by atoms with van der Waals surface area (Å²) in [6.45, 7) is 0.784. The Morgan fingerprint density at radius 3 is 1.31 bits per heavy atom. The lowest BCUT2D eigenvalue weighted by Crippen LogP contribution is -2.00. The van der Waals surface area contributed by atoms with Gasteiger partial charge in [-0.15, -0.1) is 0 Å². The molecule has 4 nitrogen and oxygen atoms in total. The van der Waals surface area contributed by atoms with Crippen molar-refractivity contribution in [1.82, 2.24) is 0 Å². The van der Waals surface area contributed by atoms with Crippen molar-refractivity contribution in [3.63, 3.8) is 0 Å². The second kappa shape index (κ2) is 8.37. The van der Waals surface area contributed by atoms with Crippen LogP contribution in [0.2, 0.25) is 0 Å². The van der Waals surface area contributed by atoms with Crippen LogP contribution in [0.15, 0.2) is 72.8 Å². The number of ether oxygens (including phenoxy) is 2. The highest BCUT2D eigenvalue weighted by Crippen LogP contribution is 2.28. The van der Waals surface area contributed by atoms with Crippen LogP contribution in [-0.4, -0.2) is 0 Å². The summed E-state index contributed by atoms with van der Waals surface area (Å²) in [4.78, 5) is 0. The average molecular weight is 340 g/mol. The standard InChI is InChI=1S/C22H16N2O2/c23-13-17-5-9-19(10-6-17)15-25-21-3-1-2-4-22(21)26-16-20-11-7-18(14-24)8-12-20/h1-12H,15-16H2. The van der Waals surface area contributed by atoms with Gasteiger partial charge in [-0.25, -0.2) is 0 Å². The Morgan fingerprint density at radius 1 is 0.577 bits per heavy atom. The molecule has 26 heavy (non-hydrogen) atoms. The lowest BCUT2D eigenvalue weighted by atomic mass is 10.1. The molecule has 4 heteroatoms. The molecule has 0 bridgehead atoms. The number of rotatable bonds is 6. The van der Waals surface area contributed by atoms with Gasteiger partial charge in [0.2, 0.25) is 0 Å². The summed E-state index contributed by atoms with van der Waals surface area (Å²) in [5.74, 6) is 1.32. The topological polar surface area (TPSA) is 66.0 Å². The van der Waals surface area contributed by atoms with E-state index in [9.17, 15) is 0 Å². The van der Waals surface area contributed by atoms with E-state index in [4.69, 9.17) is 20.0 Å². The van der Waals surface area contributed by atoms with Crippen molar-refractivity contribution in [3.8, 4) is 23.6 Å². The van der Waals surface area contributed by atoms with Gasteiger partial charge in [-0.05, 0) is 47.5 Å². The highest BCUT2D eigenvalue weighted by molar-refractivity contribution is 5.40. The number of nitrogens with zero attached hydrogens (tertiary/aromatic N) is 2. The Kier molecular flexibility index (Phi) is 5.50. The second-order valence-corrected chi connectivity index (χ2v) is 5.64. The Morgan fingerprint density at radius 2 is 0.962 bits per heavy atom. The first kappa shape index (κ1) is 17.1. The lowest BCUT2D eigenvalue weighted by molar-refractivity contribution is 0.256. The summed E-state index contributed by atoms with van der Waals surface area (Å²) >= 11 is 0. The first-order valence-corrected chi connectivity index (χ1v) is 8.11. The third-order valence-corrected chi connectivity index (χ3v) is 3.80. The fraction of sp³-hybridized carbons (Fsp3) is 0.0909. The number of benzene rings is 3. The molecule has 3 rings (SSSR count). The fourth-order valence-corrected chi connectivity index (χ4v) is 2.36. The van der Waals surface area contributed by atoms with Crippen molar-refractivity contribution >= 4 is 0 Å². The zero-order chi connectivity index (χ0) is 18.2. The average Bonchev–Trinajstić information content (AvgIpc) is 2.72. The molecule has 0 radical (unpaired) electrons. The molecule has 0 aliphatic heterocycles. The van der Waals surface area contributed by atoms with E-state index in [1.165, 1.54) is 0 Å². The van der Waals surface area contributed by atoms with E-state index in [-0.39, 0.29) is 0 Å². The first-order valence-electron chi connectivity index (χ1n) is 8.11. The summed E-state index contributed by atoms with van der Waals surface area (Å²) < 4.78 is 11.7. The highest BCUT2D eigenvalue weighted by atomic mass is 16.5. The maximum atomic E-state index is 8.84. The molecule has 126 valence electrons. The minimum atomic E-state index is 0.392. The molecular weight excluding hydrogens is 324 g/mol. The van der Waals surface area contributed by atoms with Crippen LogP contribution in [0.3, 0.4) is 0 Å². The summed E-state index contributed by atoms with van der Waals surface area (Å²) in [5, 5.41) is 17.7. The van der Waals surface area contributed by atoms with E-state index >= 15 is 0 Å². The molecule has 3 aromatic carbocycles. The predicted molar refractivity (Wildman–Crippen MR) is 97.4 cm³/mol. The van der Waals surface area contributed by atoms with Gasteiger partial charge in [-0.2, -0.15) is 10.5 Å². The molecule has 0 saturated carbocycles. The highest BCUT2D eigenvalue weighted by Gasteiger charge is 2.05. The third kappa shape index (κ3) is 4.41. The van der Waals surface area contributed by atoms with Crippen molar-refractivity contribution in [1.29, 1.82) is 10.5 Å². The van der Waals surface area contributed by atoms with Crippen molar-refractivity contribution < 1.29 is 9.47 Å². The quantitative estimate of drug-likeness (QED) is 0.658. The van der Waals surface area contributed by atoms with Crippen LogP contribution in [-0.2, 0) is 13.2 Å². The van der Waals surface area contributed by atoms with Crippen LogP contribution in [0.25, 0.3) is 0 Å². The Hall–Kier alpha value is -3.76. The van der Waals surface area contributed by atoms with Crippen LogP contribution in [0.4, 0.5) is 0 Å². The summed E-state index contributed by atoms with van der Waals surface area (Å²) in [7, 11) is 0. The SMILES string of the molecule is N#Cc1ccc(COc2ccccc2OCc2ccc(C#N)cc2)cc1. The van der Waals surface area contributed by atoms with Crippen molar-refractivity contribution in [2.24, 2.45) is 0 Å². The minimum Gasteiger partial charge on any atom is -0.485 e. The molecule has 0 atom stereocenters. The number of para-hydroxylation sites is 2. The van der Waals surface area contributed by atoms with Crippen molar-refractivity contribution in [2.45, 2.75) is 13.2 Å². The van der Waals surface area contributed by atoms with Crippen molar-refractivity contribution in [3.05, 3.63) is 95.1 Å². The van der Waals surface area contributed by atoms with E-state index < -0.39 is 0 Å². The summed E-state index contributed by atoms with van der Waals surface area (Å²) in [6, 6.07) is 26.3. The molecule has 3 aromatic rings. The van der Waals surface area contributed by atoms with Crippen LogP contribution < -0.4 is 9.47 Å². The maximum Gasteiger partial charge on any atom is 0.161 e. The molecule has 0 spiro atoms. The van der Waals surface area contributed by atoms with Gasteiger partial charge in [-0.3, -0.25) is 0 Å². The van der Waals surface area contributed by atoms with Gasteiger partial charge in [0, 0.05) is 0 Å². The summed E-state index contributed by atoms with van der Waals surface area (Å²) in [5.41, 5.74) is 3.21. The van der Waals surface area contributed by atoms with E-state index in [1.54, 1.807) is 24.3 Å². The smallest absolute Gasteiger partial charge is 0.161 e. The normalized spacial score (nSPS) is 9.77. The molecule has 0 aliphatic rings. The van der Waals surface area contributed by atoms with Gasteiger partial charge in [0.1, 0.15) is 13.2 Å².